The Kier molecular flexibility index (Phi) is 4.26. The lowest BCUT2D eigenvalue weighted by Gasteiger charge is -2.30. The summed E-state index contributed by atoms with van der Waals surface area (Å²) >= 11 is 0. The summed E-state index contributed by atoms with van der Waals surface area (Å²) < 4.78 is 0. The number of amides is 1. The molecule has 2 atom stereocenters. The second-order valence-electron chi connectivity index (χ2n) is 5.36. The summed E-state index contributed by atoms with van der Waals surface area (Å²) in [4.78, 5) is 25.4. The summed E-state index contributed by atoms with van der Waals surface area (Å²) in [6.45, 7) is 0.956. The first-order valence-electron chi connectivity index (χ1n) is 6.73. The van der Waals surface area contributed by atoms with Crippen molar-refractivity contribution in [3.63, 3.8) is 0 Å². The van der Waals surface area contributed by atoms with Crippen LogP contribution in [0.25, 0.3) is 0 Å². The molecule has 4 heteroatoms. The lowest BCUT2D eigenvalue weighted by atomic mass is 9.82. The van der Waals surface area contributed by atoms with Gasteiger partial charge in [0.2, 0.25) is 5.91 Å². The van der Waals surface area contributed by atoms with Gasteiger partial charge in [-0.1, -0.05) is 18.1 Å². The van der Waals surface area contributed by atoms with Crippen LogP contribution < -0.4 is 0 Å². The van der Waals surface area contributed by atoms with Crippen LogP contribution in [0.4, 0.5) is 0 Å². The lowest BCUT2D eigenvalue weighted by molar-refractivity contribution is -0.150. The van der Waals surface area contributed by atoms with Gasteiger partial charge in [0.05, 0.1) is 18.4 Å². The number of rotatable bonds is 5. The van der Waals surface area contributed by atoms with Gasteiger partial charge in [-0.15, -0.1) is 6.42 Å². The Hall–Kier alpha value is -1.76. The maximum atomic E-state index is 12.5. The van der Waals surface area contributed by atoms with Crippen LogP contribution in [0, 0.1) is 30.1 Å². The van der Waals surface area contributed by atoms with Gasteiger partial charge in [0.15, 0.2) is 0 Å². The highest BCUT2D eigenvalue weighted by Crippen LogP contribution is 2.32. The molecule has 0 heterocycles. The summed E-state index contributed by atoms with van der Waals surface area (Å²) in [5.74, 6) is 0.993. The van der Waals surface area contributed by atoms with Gasteiger partial charge in [-0.05, 0) is 31.6 Å². The number of aliphatic carboxylic acids is 1. The molecule has 0 spiro atoms. The zero-order chi connectivity index (χ0) is 13.8. The van der Waals surface area contributed by atoms with Gasteiger partial charge in [-0.25, -0.2) is 0 Å². The highest BCUT2D eigenvalue weighted by Gasteiger charge is 2.37. The van der Waals surface area contributed by atoms with E-state index in [0.29, 0.717) is 25.3 Å². The van der Waals surface area contributed by atoms with Crippen LogP contribution in [0.5, 0.6) is 0 Å². The van der Waals surface area contributed by atoms with Gasteiger partial charge in [-0.2, -0.15) is 0 Å². The molecule has 4 nitrogen and oxygen atoms in total. The van der Waals surface area contributed by atoms with Crippen molar-refractivity contribution in [3.8, 4) is 12.3 Å². The number of allylic oxidation sites excluding steroid dienone is 2. The van der Waals surface area contributed by atoms with Crippen molar-refractivity contribution < 1.29 is 14.7 Å². The molecular formula is C15H19NO3. The minimum Gasteiger partial charge on any atom is -0.481 e. The predicted molar refractivity (Wildman–Crippen MR) is 71.1 cm³/mol. The van der Waals surface area contributed by atoms with E-state index >= 15 is 0 Å². The first kappa shape index (κ1) is 13.7. The molecule has 102 valence electrons. The van der Waals surface area contributed by atoms with Crippen molar-refractivity contribution >= 4 is 11.9 Å². The van der Waals surface area contributed by atoms with Gasteiger partial charge >= 0.3 is 5.97 Å². The lowest BCUT2D eigenvalue weighted by Crippen LogP contribution is -2.42. The Labute approximate surface area is 113 Å². The van der Waals surface area contributed by atoms with Gasteiger partial charge < -0.3 is 10.0 Å². The van der Waals surface area contributed by atoms with E-state index in [1.165, 1.54) is 0 Å². The summed E-state index contributed by atoms with van der Waals surface area (Å²) in [5.41, 5.74) is 0. The molecule has 1 N–H and O–H groups in total. The summed E-state index contributed by atoms with van der Waals surface area (Å²) in [5, 5.41) is 9.22. The van der Waals surface area contributed by atoms with E-state index in [1.807, 2.05) is 12.2 Å². The van der Waals surface area contributed by atoms with Crippen molar-refractivity contribution in [2.75, 3.05) is 13.1 Å². The summed E-state index contributed by atoms with van der Waals surface area (Å²) in [6, 6.07) is 0. The van der Waals surface area contributed by atoms with Crippen LogP contribution in [0.3, 0.4) is 0 Å². The van der Waals surface area contributed by atoms with E-state index in [-0.39, 0.29) is 12.5 Å². The van der Waals surface area contributed by atoms with Gasteiger partial charge in [0.25, 0.3) is 0 Å². The van der Waals surface area contributed by atoms with Gasteiger partial charge in [-0.3, -0.25) is 9.59 Å². The van der Waals surface area contributed by atoms with Crippen molar-refractivity contribution in [1.29, 1.82) is 0 Å². The fourth-order valence-corrected chi connectivity index (χ4v) is 2.55. The third-order valence-corrected chi connectivity index (χ3v) is 3.84. The Morgan fingerprint density at radius 2 is 1.89 bits per heavy atom. The number of carbonyl (C=O) groups is 2. The van der Waals surface area contributed by atoms with Crippen LogP contribution in [0.1, 0.15) is 25.7 Å². The Morgan fingerprint density at radius 1 is 1.26 bits per heavy atom. The molecule has 2 aliphatic carbocycles. The Bertz CT molecular complexity index is 431. The molecule has 1 fully saturated rings. The third-order valence-electron chi connectivity index (χ3n) is 3.84. The van der Waals surface area contributed by atoms with E-state index < -0.39 is 17.8 Å². The van der Waals surface area contributed by atoms with Crippen molar-refractivity contribution in [2.45, 2.75) is 25.7 Å². The topological polar surface area (TPSA) is 57.6 Å². The minimum absolute atomic E-state index is 0.0957. The molecule has 1 amide bonds. The molecule has 19 heavy (non-hydrogen) atoms. The molecule has 2 rings (SSSR count). The molecule has 0 radical (unpaired) electrons. The van der Waals surface area contributed by atoms with E-state index in [9.17, 15) is 14.7 Å². The Balaban J connectivity index is 2.07. The molecular weight excluding hydrogens is 242 g/mol. The SMILES string of the molecule is C#CCN(CC1CC1)C(=O)[C@@H]1CC=CC[C@@H]1C(=O)O. The second kappa shape index (κ2) is 5.92. The quantitative estimate of drug-likeness (QED) is 0.603. The highest BCUT2D eigenvalue weighted by molar-refractivity contribution is 5.85. The van der Waals surface area contributed by atoms with Crippen molar-refractivity contribution in [2.24, 2.45) is 17.8 Å². The monoisotopic (exact) mass is 261 g/mol. The van der Waals surface area contributed by atoms with E-state index in [2.05, 4.69) is 5.92 Å². The predicted octanol–water partition coefficient (Wildman–Crippen LogP) is 1.53. The largest absolute Gasteiger partial charge is 0.481 e. The third kappa shape index (κ3) is 3.37. The highest BCUT2D eigenvalue weighted by atomic mass is 16.4. The standard InChI is InChI=1S/C15H19NO3/c1-2-9-16(10-11-7-8-11)14(17)12-5-3-4-6-13(12)15(18)19/h1,3-4,11-13H,5-10H2,(H,18,19)/t12-,13+/m1/s1. The van der Waals surface area contributed by atoms with Gasteiger partial charge in [0, 0.05) is 6.54 Å². The normalized spacial score (nSPS) is 25.6. The van der Waals surface area contributed by atoms with E-state index in [4.69, 9.17) is 6.42 Å². The molecule has 0 aromatic carbocycles. The van der Waals surface area contributed by atoms with Crippen molar-refractivity contribution in [3.05, 3.63) is 12.2 Å². The molecule has 1 saturated carbocycles. The molecule has 2 aliphatic rings. The number of terminal acetylenes is 1. The van der Waals surface area contributed by atoms with E-state index in [1.54, 1.807) is 4.90 Å². The zero-order valence-corrected chi connectivity index (χ0v) is 10.9. The van der Waals surface area contributed by atoms with Crippen LogP contribution in [-0.4, -0.2) is 35.0 Å². The smallest absolute Gasteiger partial charge is 0.307 e. The van der Waals surface area contributed by atoms with Crippen molar-refractivity contribution in [1.82, 2.24) is 4.90 Å². The summed E-state index contributed by atoms with van der Waals surface area (Å²) in [7, 11) is 0. The fraction of sp³-hybridized carbons (Fsp3) is 0.600. The number of hydrogen-bond donors (Lipinski definition) is 1. The average molecular weight is 261 g/mol. The summed E-state index contributed by atoms with van der Waals surface area (Å²) in [6.07, 6.45) is 12.3. The molecule has 0 aromatic heterocycles. The second-order valence-corrected chi connectivity index (χ2v) is 5.36. The molecule has 0 unspecified atom stereocenters. The first-order chi connectivity index (χ1) is 9.13. The molecule has 0 aromatic rings. The first-order valence-corrected chi connectivity index (χ1v) is 6.73. The number of nitrogens with zero attached hydrogens (tertiary/aromatic N) is 1. The number of carboxylic acid groups (broad SMARTS) is 1. The Morgan fingerprint density at radius 3 is 2.42 bits per heavy atom. The van der Waals surface area contributed by atoms with Crippen LogP contribution >= 0.6 is 0 Å². The number of hydrogen-bond acceptors (Lipinski definition) is 2. The minimum atomic E-state index is -0.894. The van der Waals surface area contributed by atoms with Crippen LogP contribution in [0.15, 0.2) is 12.2 Å². The molecule has 0 bridgehead atoms. The van der Waals surface area contributed by atoms with E-state index in [0.717, 1.165) is 12.8 Å². The van der Waals surface area contributed by atoms with Gasteiger partial charge in [0.1, 0.15) is 0 Å². The zero-order valence-electron chi connectivity index (χ0n) is 10.9. The fourth-order valence-electron chi connectivity index (χ4n) is 2.55. The number of carbonyl (C=O) groups excluding carboxylic acids is 1. The molecule has 0 saturated heterocycles. The molecule has 0 aliphatic heterocycles. The average Bonchev–Trinajstić information content (AvgIpc) is 3.21. The maximum Gasteiger partial charge on any atom is 0.307 e. The van der Waals surface area contributed by atoms with Crippen LogP contribution in [0.2, 0.25) is 0 Å². The van der Waals surface area contributed by atoms with Crippen LogP contribution in [-0.2, 0) is 9.59 Å². The maximum absolute atomic E-state index is 12.5. The number of carboxylic acids is 1.